The largest absolute Gasteiger partial charge is 0.398 e. The predicted octanol–water partition coefficient (Wildman–Crippen LogP) is 3.90. The quantitative estimate of drug-likeness (QED) is 0.741. The molecule has 106 valence electrons. The number of halogens is 2. The van der Waals surface area contributed by atoms with Crippen molar-refractivity contribution in [2.75, 3.05) is 10.5 Å². The summed E-state index contributed by atoms with van der Waals surface area (Å²) in [5, 5.41) is 0. The van der Waals surface area contributed by atoms with Crippen molar-refractivity contribution in [1.82, 2.24) is 0 Å². The average Bonchev–Trinajstić information content (AvgIpc) is 2.37. The Hall–Kier alpha value is -1.05. The Labute approximate surface area is 134 Å². The summed E-state index contributed by atoms with van der Waals surface area (Å²) in [7, 11) is -3.74. The molecule has 0 radical (unpaired) electrons. The standard InChI is InChI=1S/C13H12Br2N2O2S/c1-8-3-2-4-11(13(8)15)17-20(18,19)12-7-9(14)5-6-10(12)16/h2-7,17H,16H2,1H3. The van der Waals surface area contributed by atoms with Gasteiger partial charge >= 0.3 is 0 Å². The first-order valence-corrected chi connectivity index (χ1v) is 8.71. The van der Waals surface area contributed by atoms with Crippen molar-refractivity contribution >= 4 is 53.3 Å². The van der Waals surface area contributed by atoms with Crippen LogP contribution in [0.5, 0.6) is 0 Å². The Kier molecular flexibility index (Phi) is 4.41. The van der Waals surface area contributed by atoms with Crippen molar-refractivity contribution in [3.63, 3.8) is 0 Å². The fourth-order valence-corrected chi connectivity index (χ4v) is 3.90. The molecule has 0 fully saturated rings. The van der Waals surface area contributed by atoms with E-state index in [1.165, 1.54) is 6.07 Å². The smallest absolute Gasteiger partial charge is 0.264 e. The van der Waals surface area contributed by atoms with Crippen molar-refractivity contribution < 1.29 is 8.42 Å². The van der Waals surface area contributed by atoms with Crippen molar-refractivity contribution in [3.05, 3.63) is 50.9 Å². The van der Waals surface area contributed by atoms with Crippen LogP contribution in [0.25, 0.3) is 0 Å². The third kappa shape index (κ3) is 3.16. The van der Waals surface area contributed by atoms with Crippen molar-refractivity contribution in [1.29, 1.82) is 0 Å². The van der Waals surface area contributed by atoms with E-state index in [1.807, 2.05) is 13.0 Å². The van der Waals surface area contributed by atoms with E-state index >= 15 is 0 Å². The number of nitrogens with one attached hydrogen (secondary N) is 1. The van der Waals surface area contributed by atoms with Gasteiger partial charge in [0.05, 0.1) is 11.4 Å². The second-order valence-corrected chi connectivity index (χ2v) is 7.58. The van der Waals surface area contributed by atoms with Crippen LogP contribution in [-0.4, -0.2) is 8.42 Å². The summed E-state index contributed by atoms with van der Waals surface area (Å²) in [4.78, 5) is 0.0419. The van der Waals surface area contributed by atoms with Crippen LogP contribution < -0.4 is 10.5 Å². The Morgan fingerprint density at radius 2 is 1.85 bits per heavy atom. The second kappa shape index (κ2) is 5.75. The molecule has 0 aliphatic heterocycles. The lowest BCUT2D eigenvalue weighted by Gasteiger charge is -2.12. The first-order valence-electron chi connectivity index (χ1n) is 5.64. The van der Waals surface area contributed by atoms with Gasteiger partial charge in [-0.1, -0.05) is 28.1 Å². The van der Waals surface area contributed by atoms with E-state index in [2.05, 4.69) is 36.6 Å². The summed E-state index contributed by atoms with van der Waals surface area (Å²) in [6, 6.07) is 10.1. The highest BCUT2D eigenvalue weighted by molar-refractivity contribution is 9.11. The molecule has 4 nitrogen and oxygen atoms in total. The Bertz CT molecular complexity index is 761. The van der Waals surface area contributed by atoms with Gasteiger partial charge in [-0.15, -0.1) is 0 Å². The zero-order valence-corrected chi connectivity index (χ0v) is 14.5. The summed E-state index contributed by atoms with van der Waals surface area (Å²) in [5.74, 6) is 0. The minimum atomic E-state index is -3.74. The molecule has 0 unspecified atom stereocenters. The molecule has 3 N–H and O–H groups in total. The average molecular weight is 420 g/mol. The van der Waals surface area contributed by atoms with Crippen LogP contribution in [0.15, 0.2) is 50.2 Å². The van der Waals surface area contributed by atoms with Crippen LogP contribution in [0, 0.1) is 6.92 Å². The molecule has 2 rings (SSSR count). The number of anilines is 2. The molecule has 7 heteroatoms. The maximum atomic E-state index is 12.4. The molecule has 2 aromatic carbocycles. The molecule has 0 heterocycles. The lowest BCUT2D eigenvalue weighted by molar-refractivity contribution is 0.601. The topological polar surface area (TPSA) is 72.2 Å². The lowest BCUT2D eigenvalue weighted by atomic mass is 10.2. The molecule has 2 aromatic rings. The second-order valence-electron chi connectivity index (χ2n) is 4.22. The van der Waals surface area contributed by atoms with Crippen LogP contribution in [0.3, 0.4) is 0 Å². The van der Waals surface area contributed by atoms with Crippen LogP contribution >= 0.6 is 31.9 Å². The van der Waals surface area contributed by atoms with E-state index in [9.17, 15) is 8.42 Å². The summed E-state index contributed by atoms with van der Waals surface area (Å²) < 4.78 is 28.7. The molecule has 0 aliphatic carbocycles. The van der Waals surface area contributed by atoms with Crippen LogP contribution in [0.1, 0.15) is 5.56 Å². The zero-order chi connectivity index (χ0) is 14.9. The van der Waals surface area contributed by atoms with Gasteiger partial charge in [-0.2, -0.15) is 0 Å². The number of nitrogens with two attached hydrogens (primary N) is 1. The number of hydrogen-bond donors (Lipinski definition) is 2. The normalized spacial score (nSPS) is 11.3. The van der Waals surface area contributed by atoms with Gasteiger partial charge in [-0.05, 0) is 52.7 Å². The van der Waals surface area contributed by atoms with E-state index in [0.29, 0.717) is 14.6 Å². The third-order valence-electron chi connectivity index (χ3n) is 2.70. The third-order valence-corrected chi connectivity index (χ3v) is 5.67. The van der Waals surface area contributed by atoms with E-state index in [1.54, 1.807) is 24.3 Å². The summed E-state index contributed by atoms with van der Waals surface area (Å²) >= 11 is 6.61. The van der Waals surface area contributed by atoms with E-state index in [4.69, 9.17) is 5.73 Å². The summed E-state index contributed by atoms with van der Waals surface area (Å²) in [6.07, 6.45) is 0. The van der Waals surface area contributed by atoms with Crippen LogP contribution in [0.2, 0.25) is 0 Å². The minimum absolute atomic E-state index is 0.0419. The van der Waals surface area contributed by atoms with Gasteiger partial charge in [-0.3, -0.25) is 4.72 Å². The Morgan fingerprint density at radius 1 is 1.15 bits per heavy atom. The van der Waals surface area contributed by atoms with Gasteiger partial charge < -0.3 is 5.73 Å². The van der Waals surface area contributed by atoms with Crippen LogP contribution in [0.4, 0.5) is 11.4 Å². The molecule has 0 bridgehead atoms. The molecule has 20 heavy (non-hydrogen) atoms. The van der Waals surface area contributed by atoms with Gasteiger partial charge in [-0.25, -0.2) is 8.42 Å². The van der Waals surface area contributed by atoms with Gasteiger partial charge in [0.15, 0.2) is 0 Å². The van der Waals surface area contributed by atoms with Gasteiger partial charge in [0.25, 0.3) is 10.0 Å². The first-order chi connectivity index (χ1) is 9.31. The monoisotopic (exact) mass is 418 g/mol. The number of hydrogen-bond acceptors (Lipinski definition) is 3. The molecule has 0 atom stereocenters. The minimum Gasteiger partial charge on any atom is -0.398 e. The zero-order valence-electron chi connectivity index (χ0n) is 10.5. The number of sulfonamides is 1. The number of benzene rings is 2. The highest BCUT2D eigenvalue weighted by atomic mass is 79.9. The number of rotatable bonds is 3. The van der Waals surface area contributed by atoms with Gasteiger partial charge in [0.1, 0.15) is 4.90 Å². The Morgan fingerprint density at radius 3 is 2.55 bits per heavy atom. The fourth-order valence-electron chi connectivity index (χ4n) is 1.67. The molecule has 0 aliphatic rings. The SMILES string of the molecule is Cc1cccc(NS(=O)(=O)c2cc(Br)ccc2N)c1Br. The van der Waals surface area contributed by atoms with E-state index < -0.39 is 10.0 Å². The molecule has 0 aromatic heterocycles. The lowest BCUT2D eigenvalue weighted by Crippen LogP contribution is -2.15. The highest BCUT2D eigenvalue weighted by Gasteiger charge is 2.19. The maximum Gasteiger partial charge on any atom is 0.264 e. The first kappa shape index (κ1) is 15.3. The predicted molar refractivity (Wildman–Crippen MR) is 88.2 cm³/mol. The van der Waals surface area contributed by atoms with Crippen LogP contribution in [-0.2, 0) is 10.0 Å². The summed E-state index contributed by atoms with van der Waals surface area (Å²) in [6.45, 7) is 1.88. The van der Waals surface area contributed by atoms with Crippen molar-refractivity contribution in [2.24, 2.45) is 0 Å². The fraction of sp³-hybridized carbons (Fsp3) is 0.0769. The Balaban J connectivity index is 2.46. The molecule has 0 amide bonds. The molecule has 0 saturated carbocycles. The summed E-state index contributed by atoms with van der Waals surface area (Å²) in [5.41, 5.74) is 7.36. The molecule has 0 spiro atoms. The number of aryl methyl sites for hydroxylation is 1. The maximum absolute atomic E-state index is 12.4. The molecular weight excluding hydrogens is 408 g/mol. The van der Waals surface area contributed by atoms with E-state index in [-0.39, 0.29) is 10.6 Å². The van der Waals surface area contributed by atoms with Gasteiger partial charge in [0, 0.05) is 8.95 Å². The molecule has 0 saturated heterocycles. The van der Waals surface area contributed by atoms with Gasteiger partial charge in [0.2, 0.25) is 0 Å². The molecular formula is C13H12Br2N2O2S. The van der Waals surface area contributed by atoms with E-state index in [0.717, 1.165) is 5.56 Å². The van der Waals surface area contributed by atoms with Crippen molar-refractivity contribution in [2.45, 2.75) is 11.8 Å². The van der Waals surface area contributed by atoms with Crippen molar-refractivity contribution in [3.8, 4) is 0 Å². The number of nitrogen functional groups attached to an aromatic ring is 1. The highest BCUT2D eigenvalue weighted by Crippen LogP contribution is 2.30.